The topological polar surface area (TPSA) is 66.5 Å². The van der Waals surface area contributed by atoms with Gasteiger partial charge in [-0.05, 0) is 61.6 Å². The van der Waals surface area contributed by atoms with Crippen LogP contribution in [0.4, 0.5) is 0 Å². The molecule has 156 valence electrons. The summed E-state index contributed by atoms with van der Waals surface area (Å²) in [6.07, 6.45) is 3.86. The summed E-state index contributed by atoms with van der Waals surface area (Å²) in [5, 5.41) is 3.01. The van der Waals surface area contributed by atoms with Crippen LogP contribution in [0.5, 0.6) is 0 Å². The third-order valence-corrected chi connectivity index (χ3v) is 7.65. The zero-order chi connectivity index (χ0) is 20.9. The fourth-order valence-electron chi connectivity index (χ4n) is 3.51. The molecule has 0 aliphatic carbocycles. The number of nitrogens with one attached hydrogen (secondary N) is 1. The zero-order valence-electron chi connectivity index (χ0n) is 16.6. The van der Waals surface area contributed by atoms with Crippen LogP contribution in [0.1, 0.15) is 49.8 Å². The van der Waals surface area contributed by atoms with Crippen molar-refractivity contribution in [2.24, 2.45) is 0 Å². The monoisotopic (exact) mass is 478 g/mol. The Balaban J connectivity index is 1.54. The largest absolute Gasteiger partial charge is 0.350 e. The van der Waals surface area contributed by atoms with Gasteiger partial charge in [0.2, 0.25) is 15.9 Å². The highest BCUT2D eigenvalue weighted by atomic mass is 79.9. The van der Waals surface area contributed by atoms with Gasteiger partial charge in [-0.15, -0.1) is 0 Å². The lowest BCUT2D eigenvalue weighted by atomic mass is 10.1. The van der Waals surface area contributed by atoms with Crippen LogP contribution in [0.15, 0.2) is 57.9 Å². The number of hydrogen-bond donors (Lipinski definition) is 1. The minimum atomic E-state index is -3.41. The van der Waals surface area contributed by atoms with E-state index in [1.807, 2.05) is 43.3 Å². The lowest BCUT2D eigenvalue weighted by Gasteiger charge is -2.25. The molecule has 0 saturated carbocycles. The number of amides is 1. The molecule has 1 atom stereocenters. The van der Waals surface area contributed by atoms with Gasteiger partial charge in [-0.2, -0.15) is 4.31 Å². The molecule has 0 aromatic heterocycles. The number of carbonyl (C=O) groups excluding carboxylic acids is 1. The average Bonchev–Trinajstić information content (AvgIpc) is 2.73. The van der Waals surface area contributed by atoms with E-state index in [9.17, 15) is 13.2 Å². The van der Waals surface area contributed by atoms with Crippen LogP contribution in [-0.4, -0.2) is 31.7 Å². The summed E-state index contributed by atoms with van der Waals surface area (Å²) in [4.78, 5) is 12.6. The van der Waals surface area contributed by atoms with E-state index < -0.39 is 10.0 Å². The lowest BCUT2D eigenvalue weighted by molar-refractivity contribution is -0.121. The number of aryl methyl sites for hydroxylation is 1. The van der Waals surface area contributed by atoms with Gasteiger partial charge in [0.15, 0.2) is 0 Å². The number of rotatable bonds is 7. The highest BCUT2D eigenvalue weighted by molar-refractivity contribution is 9.10. The Morgan fingerprint density at radius 3 is 2.45 bits per heavy atom. The first-order chi connectivity index (χ1) is 13.9. The molecular weight excluding hydrogens is 452 g/mol. The second-order valence-corrected chi connectivity index (χ2v) is 10.3. The molecule has 0 bridgehead atoms. The number of benzene rings is 2. The molecule has 1 aliphatic heterocycles. The summed E-state index contributed by atoms with van der Waals surface area (Å²) in [5.41, 5.74) is 1.99. The summed E-state index contributed by atoms with van der Waals surface area (Å²) < 4.78 is 28.0. The summed E-state index contributed by atoms with van der Waals surface area (Å²) >= 11 is 3.44. The quantitative estimate of drug-likeness (QED) is 0.639. The van der Waals surface area contributed by atoms with E-state index in [0.29, 0.717) is 30.8 Å². The van der Waals surface area contributed by atoms with E-state index in [4.69, 9.17) is 0 Å². The van der Waals surface area contributed by atoms with E-state index in [1.54, 1.807) is 16.4 Å². The molecule has 0 spiro atoms. The van der Waals surface area contributed by atoms with Crippen molar-refractivity contribution in [3.8, 4) is 0 Å². The number of carbonyl (C=O) groups is 1. The van der Waals surface area contributed by atoms with Gasteiger partial charge in [0.1, 0.15) is 0 Å². The number of halogens is 1. The molecule has 7 heteroatoms. The first kappa shape index (κ1) is 22.0. The molecule has 0 unspecified atom stereocenters. The fraction of sp³-hybridized carbons (Fsp3) is 0.409. The van der Waals surface area contributed by atoms with Gasteiger partial charge in [-0.3, -0.25) is 4.79 Å². The van der Waals surface area contributed by atoms with Crippen molar-refractivity contribution >= 4 is 31.9 Å². The van der Waals surface area contributed by atoms with Gasteiger partial charge < -0.3 is 5.32 Å². The molecule has 1 N–H and O–H groups in total. The number of hydrogen-bond acceptors (Lipinski definition) is 3. The maximum atomic E-state index is 12.7. The van der Waals surface area contributed by atoms with Gasteiger partial charge >= 0.3 is 0 Å². The Kier molecular flexibility index (Phi) is 7.49. The van der Waals surface area contributed by atoms with Crippen LogP contribution in [0, 0.1) is 0 Å². The molecule has 1 heterocycles. The minimum Gasteiger partial charge on any atom is -0.350 e. The van der Waals surface area contributed by atoms with Gasteiger partial charge in [0.05, 0.1) is 10.9 Å². The van der Waals surface area contributed by atoms with Crippen LogP contribution in [0.2, 0.25) is 0 Å². The molecule has 1 aliphatic rings. The Hall–Kier alpha value is -1.70. The third kappa shape index (κ3) is 5.90. The van der Waals surface area contributed by atoms with Crippen LogP contribution in [-0.2, 0) is 21.2 Å². The number of piperidine rings is 1. The molecule has 29 heavy (non-hydrogen) atoms. The Morgan fingerprint density at radius 2 is 1.79 bits per heavy atom. The van der Waals surface area contributed by atoms with Crippen LogP contribution >= 0.6 is 15.9 Å². The predicted molar refractivity (Wildman–Crippen MR) is 118 cm³/mol. The van der Waals surface area contributed by atoms with E-state index >= 15 is 0 Å². The SMILES string of the molecule is C[C@H](NC(=O)CCc1ccc(S(=O)(=O)N2CCCCC2)cc1)c1cccc(Br)c1. The van der Waals surface area contributed by atoms with E-state index in [2.05, 4.69) is 21.2 Å². The van der Waals surface area contributed by atoms with Gasteiger partial charge in [0, 0.05) is 24.0 Å². The van der Waals surface area contributed by atoms with E-state index in [1.165, 1.54) is 0 Å². The van der Waals surface area contributed by atoms with Crippen LogP contribution < -0.4 is 5.32 Å². The normalized spacial score (nSPS) is 16.3. The van der Waals surface area contributed by atoms with E-state index in [0.717, 1.165) is 34.9 Å². The van der Waals surface area contributed by atoms with Crippen molar-refractivity contribution in [1.29, 1.82) is 0 Å². The summed E-state index contributed by atoms with van der Waals surface area (Å²) in [6.45, 7) is 3.15. The first-order valence-corrected chi connectivity index (χ1v) is 12.2. The smallest absolute Gasteiger partial charge is 0.243 e. The lowest BCUT2D eigenvalue weighted by Crippen LogP contribution is -2.35. The predicted octanol–water partition coefficient (Wildman–Crippen LogP) is 4.43. The maximum absolute atomic E-state index is 12.7. The number of nitrogens with zero attached hydrogens (tertiary/aromatic N) is 1. The van der Waals surface area contributed by atoms with Gasteiger partial charge in [-0.25, -0.2) is 8.42 Å². The molecule has 0 radical (unpaired) electrons. The average molecular weight is 479 g/mol. The summed E-state index contributed by atoms with van der Waals surface area (Å²) in [5.74, 6) is -0.0255. The minimum absolute atomic E-state index is 0.0255. The zero-order valence-corrected chi connectivity index (χ0v) is 19.0. The van der Waals surface area contributed by atoms with Crippen molar-refractivity contribution in [3.05, 3.63) is 64.1 Å². The molecule has 1 amide bonds. The van der Waals surface area contributed by atoms with Crippen LogP contribution in [0.25, 0.3) is 0 Å². The highest BCUT2D eigenvalue weighted by Gasteiger charge is 2.25. The molecule has 2 aromatic rings. The molecule has 1 fully saturated rings. The molecule has 2 aromatic carbocycles. The standard InChI is InChI=1S/C22H27BrN2O3S/c1-17(19-6-5-7-20(23)16-19)24-22(26)13-10-18-8-11-21(12-9-18)29(27,28)25-14-3-2-4-15-25/h5-9,11-12,16-17H,2-4,10,13-15H2,1H3,(H,24,26)/t17-/m0/s1. The molecule has 1 saturated heterocycles. The molecular formula is C22H27BrN2O3S. The second kappa shape index (κ2) is 9.87. The fourth-order valence-corrected chi connectivity index (χ4v) is 5.45. The summed E-state index contributed by atoms with van der Waals surface area (Å²) in [7, 11) is -3.41. The molecule has 5 nitrogen and oxygen atoms in total. The Morgan fingerprint density at radius 1 is 1.10 bits per heavy atom. The Bertz CT molecular complexity index is 939. The highest BCUT2D eigenvalue weighted by Crippen LogP contribution is 2.21. The summed E-state index contributed by atoms with van der Waals surface area (Å²) in [6, 6.07) is 14.7. The van der Waals surface area contributed by atoms with Crippen LogP contribution in [0.3, 0.4) is 0 Å². The maximum Gasteiger partial charge on any atom is 0.243 e. The number of sulfonamides is 1. The van der Waals surface area contributed by atoms with Crippen molar-refractivity contribution in [2.45, 2.75) is 50.0 Å². The molecule has 3 rings (SSSR count). The van der Waals surface area contributed by atoms with Crippen molar-refractivity contribution in [2.75, 3.05) is 13.1 Å². The van der Waals surface area contributed by atoms with Gasteiger partial charge in [-0.1, -0.05) is 46.6 Å². The third-order valence-electron chi connectivity index (χ3n) is 5.24. The van der Waals surface area contributed by atoms with Crippen molar-refractivity contribution < 1.29 is 13.2 Å². The van der Waals surface area contributed by atoms with Crippen molar-refractivity contribution in [1.82, 2.24) is 9.62 Å². The first-order valence-electron chi connectivity index (χ1n) is 10.0. The van der Waals surface area contributed by atoms with Crippen molar-refractivity contribution in [3.63, 3.8) is 0 Å². The Labute approximate surface area is 181 Å². The van der Waals surface area contributed by atoms with Gasteiger partial charge in [0.25, 0.3) is 0 Å². The van der Waals surface area contributed by atoms with E-state index in [-0.39, 0.29) is 11.9 Å². The second-order valence-electron chi connectivity index (χ2n) is 7.45.